The maximum absolute atomic E-state index is 4.62. The lowest BCUT2D eigenvalue weighted by Gasteiger charge is -2.21. The van der Waals surface area contributed by atoms with E-state index in [1.807, 2.05) is 13.8 Å². The van der Waals surface area contributed by atoms with Crippen LogP contribution in [0.2, 0.25) is 0 Å². The number of nitrogens with zero attached hydrogens (tertiary/aromatic N) is 3. The molecule has 0 radical (unpaired) electrons. The zero-order chi connectivity index (χ0) is 14.8. The molecule has 0 amide bonds. The standard InChI is InChI=1S/C16H23N5/c1-10(8-13-9-11(2)20-21-13)17-16-14-6-4-5-7-15(14)18-12(3)19-16/h9-10H,4-8H2,1-3H3,(H,20,21)(H,17,18,19). The molecule has 0 aliphatic heterocycles. The molecular weight excluding hydrogens is 262 g/mol. The van der Waals surface area contributed by atoms with Crippen LogP contribution in [0.5, 0.6) is 0 Å². The van der Waals surface area contributed by atoms with E-state index in [1.165, 1.54) is 24.1 Å². The van der Waals surface area contributed by atoms with E-state index in [0.29, 0.717) is 6.04 Å². The molecule has 3 rings (SSSR count). The number of nitrogens with one attached hydrogen (secondary N) is 2. The van der Waals surface area contributed by atoms with Gasteiger partial charge in [0.25, 0.3) is 0 Å². The van der Waals surface area contributed by atoms with Crippen molar-refractivity contribution < 1.29 is 0 Å². The fraction of sp³-hybridized carbons (Fsp3) is 0.562. The molecule has 5 heteroatoms. The van der Waals surface area contributed by atoms with E-state index in [1.54, 1.807) is 0 Å². The first kappa shape index (κ1) is 14.0. The minimum absolute atomic E-state index is 0.299. The van der Waals surface area contributed by atoms with Gasteiger partial charge in [-0.05, 0) is 52.5 Å². The normalized spacial score (nSPS) is 15.6. The van der Waals surface area contributed by atoms with Gasteiger partial charge in [-0.1, -0.05) is 0 Å². The van der Waals surface area contributed by atoms with Crippen LogP contribution in [0, 0.1) is 13.8 Å². The molecule has 2 aromatic rings. The first-order chi connectivity index (χ1) is 10.1. The van der Waals surface area contributed by atoms with Crippen LogP contribution in [0.3, 0.4) is 0 Å². The molecule has 0 fully saturated rings. The lowest BCUT2D eigenvalue weighted by Crippen LogP contribution is -2.22. The van der Waals surface area contributed by atoms with E-state index in [4.69, 9.17) is 0 Å². The van der Waals surface area contributed by atoms with E-state index in [2.05, 4.69) is 38.5 Å². The molecule has 2 heterocycles. The second kappa shape index (κ2) is 5.84. The molecule has 0 aromatic carbocycles. The molecule has 21 heavy (non-hydrogen) atoms. The minimum atomic E-state index is 0.299. The van der Waals surface area contributed by atoms with Gasteiger partial charge in [0.15, 0.2) is 0 Å². The van der Waals surface area contributed by atoms with E-state index in [0.717, 1.165) is 42.3 Å². The second-order valence-corrected chi connectivity index (χ2v) is 6.04. The van der Waals surface area contributed by atoms with E-state index >= 15 is 0 Å². The third kappa shape index (κ3) is 3.23. The zero-order valence-corrected chi connectivity index (χ0v) is 13.0. The summed E-state index contributed by atoms with van der Waals surface area (Å²) in [6, 6.07) is 2.40. The Morgan fingerprint density at radius 1 is 1.24 bits per heavy atom. The molecular formula is C16H23N5. The summed E-state index contributed by atoms with van der Waals surface area (Å²) in [5.41, 5.74) is 4.75. The number of aryl methyl sites for hydroxylation is 3. The molecule has 5 nitrogen and oxygen atoms in total. The van der Waals surface area contributed by atoms with Crippen molar-refractivity contribution in [2.75, 3.05) is 5.32 Å². The summed E-state index contributed by atoms with van der Waals surface area (Å²) in [6.45, 7) is 6.18. The molecule has 0 saturated carbocycles. The van der Waals surface area contributed by atoms with Crippen LogP contribution in [-0.4, -0.2) is 26.2 Å². The van der Waals surface area contributed by atoms with Crippen molar-refractivity contribution >= 4 is 5.82 Å². The highest BCUT2D eigenvalue weighted by atomic mass is 15.1. The predicted octanol–water partition coefficient (Wildman–Crippen LogP) is 2.74. The molecule has 112 valence electrons. The second-order valence-electron chi connectivity index (χ2n) is 6.04. The third-order valence-corrected chi connectivity index (χ3v) is 3.95. The molecule has 1 aliphatic carbocycles. The van der Waals surface area contributed by atoms with Gasteiger partial charge in [0.05, 0.1) is 5.69 Å². The Hall–Kier alpha value is -1.91. The number of hydrogen-bond acceptors (Lipinski definition) is 4. The van der Waals surface area contributed by atoms with E-state index in [9.17, 15) is 0 Å². The highest BCUT2D eigenvalue weighted by Crippen LogP contribution is 2.26. The maximum Gasteiger partial charge on any atom is 0.133 e. The number of fused-ring (bicyclic) bond motifs is 1. The smallest absolute Gasteiger partial charge is 0.133 e. The van der Waals surface area contributed by atoms with Crippen LogP contribution in [-0.2, 0) is 19.3 Å². The summed E-state index contributed by atoms with van der Waals surface area (Å²) in [5, 5.41) is 10.9. The average Bonchev–Trinajstić information content (AvgIpc) is 2.83. The fourth-order valence-electron chi connectivity index (χ4n) is 3.01. The van der Waals surface area contributed by atoms with Gasteiger partial charge in [0.1, 0.15) is 11.6 Å². The summed E-state index contributed by atoms with van der Waals surface area (Å²) < 4.78 is 0. The van der Waals surface area contributed by atoms with Gasteiger partial charge in [0, 0.05) is 29.4 Å². The van der Waals surface area contributed by atoms with Crippen LogP contribution >= 0.6 is 0 Å². The summed E-state index contributed by atoms with van der Waals surface area (Å²) >= 11 is 0. The molecule has 0 spiro atoms. The van der Waals surface area contributed by atoms with Crippen molar-refractivity contribution in [1.82, 2.24) is 20.2 Å². The lowest BCUT2D eigenvalue weighted by molar-refractivity contribution is 0.655. The van der Waals surface area contributed by atoms with Crippen molar-refractivity contribution in [3.63, 3.8) is 0 Å². The number of anilines is 1. The van der Waals surface area contributed by atoms with Crippen LogP contribution in [0.15, 0.2) is 6.07 Å². The van der Waals surface area contributed by atoms with Crippen molar-refractivity contribution in [2.45, 2.75) is 58.9 Å². The Kier molecular flexibility index (Phi) is 3.90. The molecule has 2 N–H and O–H groups in total. The quantitative estimate of drug-likeness (QED) is 0.906. The average molecular weight is 285 g/mol. The van der Waals surface area contributed by atoms with Gasteiger partial charge in [-0.3, -0.25) is 5.10 Å². The number of aromatic nitrogens is 4. The molecule has 2 aromatic heterocycles. The minimum Gasteiger partial charge on any atom is -0.367 e. The Bertz CT molecular complexity index is 632. The summed E-state index contributed by atoms with van der Waals surface area (Å²) in [7, 11) is 0. The van der Waals surface area contributed by atoms with Gasteiger partial charge in [-0.25, -0.2) is 9.97 Å². The fourth-order valence-corrected chi connectivity index (χ4v) is 3.01. The number of hydrogen-bond donors (Lipinski definition) is 2. The SMILES string of the molecule is Cc1nc2c(c(NC(C)Cc3cc(C)[nH]n3)n1)CCCC2. The Balaban J connectivity index is 1.76. The van der Waals surface area contributed by atoms with Gasteiger partial charge < -0.3 is 5.32 Å². The molecule has 1 aliphatic rings. The van der Waals surface area contributed by atoms with E-state index in [-0.39, 0.29) is 0 Å². The van der Waals surface area contributed by atoms with Crippen molar-refractivity contribution in [3.8, 4) is 0 Å². The Morgan fingerprint density at radius 3 is 2.81 bits per heavy atom. The Labute approximate surface area is 125 Å². The Morgan fingerprint density at radius 2 is 2.05 bits per heavy atom. The topological polar surface area (TPSA) is 66.5 Å². The summed E-state index contributed by atoms with van der Waals surface area (Å²) in [4.78, 5) is 9.22. The van der Waals surface area contributed by atoms with Gasteiger partial charge in [-0.15, -0.1) is 0 Å². The van der Waals surface area contributed by atoms with Gasteiger partial charge >= 0.3 is 0 Å². The van der Waals surface area contributed by atoms with Crippen molar-refractivity contribution in [2.24, 2.45) is 0 Å². The maximum atomic E-state index is 4.62. The van der Waals surface area contributed by atoms with E-state index < -0.39 is 0 Å². The van der Waals surface area contributed by atoms with Gasteiger partial charge in [0.2, 0.25) is 0 Å². The highest BCUT2D eigenvalue weighted by molar-refractivity contribution is 5.48. The number of rotatable bonds is 4. The zero-order valence-electron chi connectivity index (χ0n) is 13.0. The van der Waals surface area contributed by atoms with Crippen LogP contribution in [0.25, 0.3) is 0 Å². The van der Waals surface area contributed by atoms with Crippen molar-refractivity contribution in [1.29, 1.82) is 0 Å². The van der Waals surface area contributed by atoms with Crippen molar-refractivity contribution in [3.05, 3.63) is 34.5 Å². The molecule has 1 atom stereocenters. The lowest BCUT2D eigenvalue weighted by atomic mass is 9.96. The first-order valence-corrected chi connectivity index (χ1v) is 7.75. The summed E-state index contributed by atoms with van der Waals surface area (Å²) in [6.07, 6.45) is 5.54. The van der Waals surface area contributed by atoms with Crippen LogP contribution in [0.4, 0.5) is 5.82 Å². The highest BCUT2D eigenvalue weighted by Gasteiger charge is 2.18. The molecule has 0 saturated heterocycles. The monoisotopic (exact) mass is 285 g/mol. The molecule has 0 bridgehead atoms. The molecule has 1 unspecified atom stereocenters. The third-order valence-electron chi connectivity index (χ3n) is 3.95. The number of H-pyrrole nitrogens is 1. The van der Waals surface area contributed by atoms with Gasteiger partial charge in [-0.2, -0.15) is 5.10 Å². The predicted molar refractivity (Wildman–Crippen MR) is 83.5 cm³/mol. The van der Waals surface area contributed by atoms with Crippen LogP contribution in [0.1, 0.15) is 48.2 Å². The largest absolute Gasteiger partial charge is 0.367 e. The summed E-state index contributed by atoms with van der Waals surface area (Å²) in [5.74, 6) is 1.89. The number of aromatic amines is 1. The first-order valence-electron chi connectivity index (χ1n) is 7.75. The van der Waals surface area contributed by atoms with Crippen LogP contribution < -0.4 is 5.32 Å².